The van der Waals surface area contributed by atoms with Gasteiger partial charge < -0.3 is 0 Å². The van der Waals surface area contributed by atoms with Crippen LogP contribution in [0.5, 0.6) is 0 Å². The molecule has 0 fully saturated rings. The highest BCUT2D eigenvalue weighted by Crippen LogP contribution is 2.01. The second kappa shape index (κ2) is 4.53. The summed E-state index contributed by atoms with van der Waals surface area (Å²) in [6.45, 7) is 1.52. The van der Waals surface area contributed by atoms with Crippen LogP contribution in [-0.2, 0) is 0 Å². The van der Waals surface area contributed by atoms with Crippen LogP contribution in [0.15, 0.2) is 0 Å². The van der Waals surface area contributed by atoms with Crippen LogP contribution in [0.1, 0.15) is 6.92 Å². The lowest BCUT2D eigenvalue weighted by Gasteiger charge is -1.88. The van der Waals surface area contributed by atoms with E-state index in [2.05, 4.69) is 12.2 Å². The highest BCUT2D eigenvalue weighted by Gasteiger charge is 1.85. The van der Waals surface area contributed by atoms with E-state index in [0.717, 1.165) is 4.20 Å². The molecule has 0 saturated heterocycles. The Balaban J connectivity index is 2.82. The van der Waals surface area contributed by atoms with Crippen LogP contribution in [0.3, 0.4) is 0 Å². The summed E-state index contributed by atoms with van der Waals surface area (Å²) in [5.41, 5.74) is 0. The predicted molar refractivity (Wildman–Crippen MR) is 36.7 cm³/mol. The Bertz CT molecular complexity index is 62.7. The Hall–Kier alpha value is 0.370. The molecular weight excluding hydrogens is 131 g/mol. The van der Waals surface area contributed by atoms with Gasteiger partial charge in [-0.25, -0.2) is 0 Å². The van der Waals surface area contributed by atoms with E-state index in [0.29, 0.717) is 5.75 Å². The van der Waals surface area contributed by atoms with Gasteiger partial charge in [0.25, 0.3) is 0 Å². The summed E-state index contributed by atoms with van der Waals surface area (Å²) in [6, 6.07) is 0. The molecule has 0 amide bonds. The van der Waals surface area contributed by atoms with E-state index in [4.69, 9.17) is 0 Å². The number of hydrogen-bond acceptors (Lipinski definition) is 2. The Labute approximate surface area is 52.5 Å². The van der Waals surface area contributed by atoms with Crippen LogP contribution >= 0.6 is 24.0 Å². The summed E-state index contributed by atoms with van der Waals surface area (Å²) >= 11 is 6.04. The first-order valence-corrected chi connectivity index (χ1v) is 3.36. The van der Waals surface area contributed by atoms with Crippen LogP contribution in [0.2, 0.25) is 0 Å². The average Bonchev–Trinajstić information content (AvgIpc) is 1.61. The van der Waals surface area contributed by atoms with Crippen LogP contribution in [0, 0.1) is 0 Å². The maximum absolute atomic E-state index is 11.3. The Morgan fingerprint density at radius 1 is 1.86 bits per heavy atom. The fourth-order valence-corrected chi connectivity index (χ4v) is 0.797. The molecule has 0 aromatic rings. The van der Waals surface area contributed by atoms with E-state index in [-0.39, 0.29) is 6.67 Å². The molecule has 0 spiro atoms. The number of rotatable bonds is 2. The van der Waals surface area contributed by atoms with Crippen molar-refractivity contribution in [2.45, 2.75) is 6.92 Å². The van der Waals surface area contributed by atoms with Crippen molar-refractivity contribution < 1.29 is 4.39 Å². The molecule has 0 aliphatic heterocycles. The molecule has 0 aromatic heterocycles. The highest BCUT2D eigenvalue weighted by atomic mass is 32.2. The summed E-state index contributed by atoms with van der Waals surface area (Å²) in [5, 5.41) is 0. The van der Waals surface area contributed by atoms with Crippen molar-refractivity contribution in [3.8, 4) is 0 Å². The quantitative estimate of drug-likeness (QED) is 0.535. The third-order valence-corrected chi connectivity index (χ3v) is 1.50. The summed E-state index contributed by atoms with van der Waals surface area (Å²) in [4.78, 5) is 0. The van der Waals surface area contributed by atoms with Gasteiger partial charge in [0.1, 0.15) is 0 Å². The van der Waals surface area contributed by atoms with Gasteiger partial charge in [-0.1, -0.05) is 12.2 Å². The normalized spacial score (nSPS) is 8.86. The van der Waals surface area contributed by atoms with Crippen LogP contribution in [0.4, 0.5) is 4.39 Å². The minimum Gasteiger partial charge on any atom is -0.250 e. The molecule has 0 aromatic carbocycles. The summed E-state index contributed by atoms with van der Waals surface area (Å²) < 4.78 is 12.1. The summed E-state index contributed by atoms with van der Waals surface area (Å²) in [5.74, 6) is 0.509. The van der Waals surface area contributed by atoms with Crippen molar-refractivity contribution in [3.05, 3.63) is 0 Å². The molecule has 0 aliphatic carbocycles. The van der Waals surface area contributed by atoms with Crippen molar-refractivity contribution in [2.24, 2.45) is 0 Å². The minimum atomic E-state index is -0.279. The van der Waals surface area contributed by atoms with Gasteiger partial charge in [-0.05, 0) is 6.92 Å². The van der Waals surface area contributed by atoms with Gasteiger partial charge in [0.05, 0.1) is 6.67 Å². The molecular formula is C4H7FS2. The number of thiocarbonyl (C=S) groups is 1. The molecule has 0 bridgehead atoms. The molecule has 3 heteroatoms. The monoisotopic (exact) mass is 138 g/mol. The molecule has 0 saturated carbocycles. The zero-order chi connectivity index (χ0) is 5.70. The zero-order valence-electron chi connectivity index (χ0n) is 4.11. The summed E-state index contributed by atoms with van der Waals surface area (Å²) in [6.07, 6.45) is 0. The third-order valence-electron chi connectivity index (χ3n) is 0.382. The van der Waals surface area contributed by atoms with Gasteiger partial charge >= 0.3 is 0 Å². The van der Waals surface area contributed by atoms with E-state index in [1.165, 1.54) is 11.8 Å². The van der Waals surface area contributed by atoms with Crippen molar-refractivity contribution >= 4 is 28.2 Å². The fourth-order valence-electron chi connectivity index (χ4n) is 0.182. The Morgan fingerprint density at radius 2 is 2.43 bits per heavy atom. The van der Waals surface area contributed by atoms with Gasteiger partial charge in [-0.2, -0.15) is 0 Å². The first-order chi connectivity index (χ1) is 3.27. The van der Waals surface area contributed by atoms with Crippen molar-refractivity contribution in [2.75, 3.05) is 12.4 Å². The smallest absolute Gasteiger partial charge is 0.0988 e. The molecule has 42 valence electrons. The molecule has 0 rings (SSSR count). The number of halogens is 1. The lowest BCUT2D eigenvalue weighted by molar-refractivity contribution is 0.533. The topological polar surface area (TPSA) is 0 Å². The van der Waals surface area contributed by atoms with Crippen molar-refractivity contribution in [1.29, 1.82) is 0 Å². The van der Waals surface area contributed by atoms with Gasteiger partial charge in [0, 0.05) is 9.95 Å². The predicted octanol–water partition coefficient (Wildman–Crippen LogP) is 2.04. The maximum Gasteiger partial charge on any atom is 0.0988 e. The van der Waals surface area contributed by atoms with Gasteiger partial charge in [-0.3, -0.25) is 4.39 Å². The molecule has 0 N–H and O–H groups in total. The van der Waals surface area contributed by atoms with E-state index < -0.39 is 0 Å². The second-order valence-electron chi connectivity index (χ2n) is 1.03. The Kier molecular flexibility index (Phi) is 4.77. The first kappa shape index (κ1) is 7.37. The van der Waals surface area contributed by atoms with Crippen LogP contribution < -0.4 is 0 Å². The largest absolute Gasteiger partial charge is 0.250 e. The summed E-state index contributed by atoms with van der Waals surface area (Å²) in [7, 11) is 0. The number of hydrogen-bond donors (Lipinski definition) is 0. The minimum absolute atomic E-state index is 0.279. The SMILES string of the molecule is CC(=S)SCCF. The molecule has 0 nitrogen and oxygen atoms in total. The number of alkyl halides is 1. The molecule has 0 unspecified atom stereocenters. The molecule has 0 aliphatic rings. The maximum atomic E-state index is 11.3. The fraction of sp³-hybridized carbons (Fsp3) is 0.750. The van der Waals surface area contributed by atoms with E-state index in [1.54, 1.807) is 6.92 Å². The lowest BCUT2D eigenvalue weighted by Crippen LogP contribution is -1.83. The zero-order valence-corrected chi connectivity index (χ0v) is 5.74. The first-order valence-electron chi connectivity index (χ1n) is 1.96. The van der Waals surface area contributed by atoms with Crippen molar-refractivity contribution in [3.63, 3.8) is 0 Å². The molecule has 0 radical (unpaired) electrons. The van der Waals surface area contributed by atoms with E-state index in [9.17, 15) is 4.39 Å². The van der Waals surface area contributed by atoms with E-state index in [1.807, 2.05) is 0 Å². The van der Waals surface area contributed by atoms with Crippen LogP contribution in [-0.4, -0.2) is 16.6 Å². The van der Waals surface area contributed by atoms with Crippen LogP contribution in [0.25, 0.3) is 0 Å². The second-order valence-corrected chi connectivity index (χ2v) is 3.21. The highest BCUT2D eigenvalue weighted by molar-refractivity contribution is 8.23. The Morgan fingerprint density at radius 3 is 2.57 bits per heavy atom. The standard InChI is InChI=1S/C4H7FS2/c1-4(6)7-3-2-5/h2-3H2,1H3. The lowest BCUT2D eigenvalue weighted by atomic mass is 10.9. The van der Waals surface area contributed by atoms with Gasteiger partial charge in [0.15, 0.2) is 0 Å². The third kappa shape index (κ3) is 6.37. The van der Waals surface area contributed by atoms with E-state index >= 15 is 0 Å². The number of thioether (sulfide) groups is 1. The van der Waals surface area contributed by atoms with Gasteiger partial charge in [-0.15, -0.1) is 11.8 Å². The molecule has 0 atom stereocenters. The molecule has 7 heavy (non-hydrogen) atoms. The van der Waals surface area contributed by atoms with Crippen molar-refractivity contribution in [1.82, 2.24) is 0 Å². The van der Waals surface area contributed by atoms with Gasteiger partial charge in [0.2, 0.25) is 0 Å². The average molecular weight is 138 g/mol. The molecule has 0 heterocycles.